The summed E-state index contributed by atoms with van der Waals surface area (Å²) in [5.74, 6) is 0. The van der Waals surface area contributed by atoms with E-state index in [4.69, 9.17) is 52.0 Å². The number of fused-ring (bicyclic) bond motifs is 1. The van der Waals surface area contributed by atoms with Crippen LogP contribution in [0.5, 0.6) is 0 Å². The molecule has 1 N–H and O–H groups in total. The topological polar surface area (TPSA) is 28.2 Å². The monoisotopic (exact) mass is 463 g/mol. The predicted octanol–water partition coefficient (Wildman–Crippen LogP) is 7.79. The average molecular weight is 465 g/mol. The van der Waals surface area contributed by atoms with E-state index >= 15 is 0 Å². The molecule has 28 heavy (non-hydrogen) atoms. The molecular formula is C20H12Cl3N3S2. The van der Waals surface area contributed by atoms with E-state index in [1.54, 1.807) is 29.5 Å². The standard InChI is InChI=1S/C20H12Cl3N3S2/c21-12-4-3-5-14(10-12)26(20-25-17-6-1-2-7-18(17)28-20)19(27)24-16-9-8-13(22)11-15(16)23/h1-11H,(H,24,27). The van der Waals surface area contributed by atoms with Gasteiger partial charge in [0.05, 0.1) is 26.6 Å². The molecule has 0 bridgehead atoms. The minimum absolute atomic E-state index is 0.422. The molecule has 8 heteroatoms. The third-order valence-electron chi connectivity index (χ3n) is 3.92. The summed E-state index contributed by atoms with van der Waals surface area (Å²) >= 11 is 25.8. The Balaban J connectivity index is 1.77. The fourth-order valence-corrected chi connectivity index (χ4v) is 4.64. The zero-order valence-electron chi connectivity index (χ0n) is 14.2. The van der Waals surface area contributed by atoms with Crippen LogP contribution in [0.15, 0.2) is 66.7 Å². The largest absolute Gasteiger partial charge is 0.331 e. The minimum atomic E-state index is 0.422. The summed E-state index contributed by atoms with van der Waals surface area (Å²) in [6, 6.07) is 20.6. The van der Waals surface area contributed by atoms with E-state index in [-0.39, 0.29) is 0 Å². The molecule has 0 saturated carbocycles. The van der Waals surface area contributed by atoms with Gasteiger partial charge in [-0.15, -0.1) is 0 Å². The molecule has 0 fully saturated rings. The van der Waals surface area contributed by atoms with E-state index in [1.807, 2.05) is 53.4 Å². The van der Waals surface area contributed by atoms with Gasteiger partial charge in [-0.25, -0.2) is 4.98 Å². The highest BCUT2D eigenvalue weighted by Crippen LogP contribution is 2.35. The van der Waals surface area contributed by atoms with Gasteiger partial charge in [-0.1, -0.05) is 64.3 Å². The Hall–Kier alpha value is -1.89. The molecule has 0 saturated heterocycles. The van der Waals surface area contributed by atoms with E-state index < -0.39 is 0 Å². The third-order valence-corrected chi connectivity index (χ3v) is 6.01. The van der Waals surface area contributed by atoms with Crippen molar-refractivity contribution in [2.45, 2.75) is 0 Å². The smallest absolute Gasteiger partial charge is 0.197 e. The Bertz CT molecular complexity index is 1140. The first kappa shape index (κ1) is 19.4. The molecule has 0 aliphatic heterocycles. The van der Waals surface area contributed by atoms with E-state index in [2.05, 4.69) is 5.32 Å². The number of benzene rings is 3. The molecule has 4 rings (SSSR count). The Morgan fingerprint density at radius 3 is 2.46 bits per heavy atom. The quantitative estimate of drug-likeness (QED) is 0.313. The fourth-order valence-electron chi connectivity index (χ4n) is 2.65. The van der Waals surface area contributed by atoms with Gasteiger partial charge in [0.25, 0.3) is 0 Å². The summed E-state index contributed by atoms with van der Waals surface area (Å²) in [4.78, 5) is 6.58. The second-order valence-corrected chi connectivity index (χ2v) is 8.51. The van der Waals surface area contributed by atoms with Crippen LogP contribution in [0.1, 0.15) is 0 Å². The Labute approximate surface area is 186 Å². The van der Waals surface area contributed by atoms with Crippen LogP contribution in [0, 0.1) is 0 Å². The van der Waals surface area contributed by atoms with E-state index in [1.165, 1.54) is 0 Å². The van der Waals surface area contributed by atoms with Gasteiger partial charge in [0.15, 0.2) is 10.2 Å². The summed E-state index contributed by atoms with van der Waals surface area (Å²) < 4.78 is 1.07. The second-order valence-electron chi connectivity index (χ2n) is 5.83. The predicted molar refractivity (Wildman–Crippen MR) is 126 cm³/mol. The number of anilines is 3. The normalized spacial score (nSPS) is 10.8. The van der Waals surface area contributed by atoms with Crippen molar-refractivity contribution >= 4 is 90.2 Å². The molecule has 1 aromatic heterocycles. The van der Waals surface area contributed by atoms with Gasteiger partial charge >= 0.3 is 0 Å². The highest BCUT2D eigenvalue weighted by Gasteiger charge is 2.20. The minimum Gasteiger partial charge on any atom is -0.331 e. The molecular weight excluding hydrogens is 453 g/mol. The summed E-state index contributed by atoms with van der Waals surface area (Å²) in [6.45, 7) is 0. The molecule has 0 spiro atoms. The summed E-state index contributed by atoms with van der Waals surface area (Å²) in [5.41, 5.74) is 2.36. The SMILES string of the molecule is S=C(Nc1ccc(Cl)cc1Cl)N(c1cccc(Cl)c1)c1nc2ccccc2s1. The van der Waals surface area contributed by atoms with Crippen molar-refractivity contribution in [2.75, 3.05) is 10.2 Å². The van der Waals surface area contributed by atoms with Gasteiger partial charge < -0.3 is 5.32 Å². The van der Waals surface area contributed by atoms with Gasteiger partial charge in [-0.2, -0.15) is 0 Å². The molecule has 3 aromatic carbocycles. The van der Waals surface area contributed by atoms with Crippen molar-refractivity contribution in [3.8, 4) is 0 Å². The van der Waals surface area contributed by atoms with Crippen LogP contribution in [0.25, 0.3) is 10.2 Å². The number of rotatable bonds is 3. The molecule has 140 valence electrons. The lowest BCUT2D eigenvalue weighted by Gasteiger charge is -2.24. The van der Waals surface area contributed by atoms with Gasteiger partial charge in [0.1, 0.15) is 0 Å². The molecule has 0 amide bonds. The maximum absolute atomic E-state index is 6.30. The molecule has 0 aliphatic rings. The van der Waals surface area contributed by atoms with Gasteiger partial charge in [-0.3, -0.25) is 4.90 Å². The maximum atomic E-state index is 6.30. The number of hydrogen-bond acceptors (Lipinski definition) is 3. The molecule has 1 heterocycles. The highest BCUT2D eigenvalue weighted by molar-refractivity contribution is 7.80. The van der Waals surface area contributed by atoms with Crippen LogP contribution in [0.2, 0.25) is 15.1 Å². The number of hydrogen-bond donors (Lipinski definition) is 1. The number of thiocarbonyl (C=S) groups is 1. The van der Waals surface area contributed by atoms with Crippen LogP contribution in [-0.2, 0) is 0 Å². The van der Waals surface area contributed by atoms with Crippen molar-refractivity contribution in [1.82, 2.24) is 4.98 Å². The molecule has 4 aromatic rings. The lowest BCUT2D eigenvalue weighted by Crippen LogP contribution is -2.30. The molecule has 0 atom stereocenters. The number of thiazole rings is 1. The first-order valence-electron chi connectivity index (χ1n) is 8.18. The fraction of sp³-hybridized carbons (Fsp3) is 0. The zero-order valence-corrected chi connectivity index (χ0v) is 18.1. The van der Waals surface area contributed by atoms with E-state index in [9.17, 15) is 0 Å². The number of nitrogens with zero attached hydrogens (tertiary/aromatic N) is 2. The average Bonchev–Trinajstić information content (AvgIpc) is 3.08. The van der Waals surface area contributed by atoms with Crippen LogP contribution >= 0.6 is 58.4 Å². The lowest BCUT2D eigenvalue weighted by atomic mass is 10.3. The van der Waals surface area contributed by atoms with Crippen LogP contribution in [-0.4, -0.2) is 10.1 Å². The molecule has 3 nitrogen and oxygen atoms in total. The van der Waals surface area contributed by atoms with E-state index in [0.717, 1.165) is 21.0 Å². The number of aromatic nitrogens is 1. The van der Waals surface area contributed by atoms with Gasteiger partial charge in [0.2, 0.25) is 0 Å². The van der Waals surface area contributed by atoms with Crippen LogP contribution < -0.4 is 10.2 Å². The van der Waals surface area contributed by atoms with Crippen molar-refractivity contribution in [2.24, 2.45) is 0 Å². The molecule has 0 radical (unpaired) electrons. The number of nitrogens with one attached hydrogen (secondary N) is 1. The second kappa shape index (κ2) is 8.23. The highest BCUT2D eigenvalue weighted by atomic mass is 35.5. The zero-order chi connectivity index (χ0) is 19.7. The first-order valence-corrected chi connectivity index (χ1v) is 10.5. The maximum Gasteiger partial charge on any atom is 0.197 e. The van der Waals surface area contributed by atoms with Crippen LogP contribution in [0.3, 0.4) is 0 Å². The van der Waals surface area contributed by atoms with E-state index in [0.29, 0.717) is 25.9 Å². The van der Waals surface area contributed by atoms with Crippen molar-refractivity contribution < 1.29 is 0 Å². The lowest BCUT2D eigenvalue weighted by molar-refractivity contribution is 1.31. The first-order chi connectivity index (χ1) is 13.5. The Kier molecular flexibility index (Phi) is 5.71. The van der Waals surface area contributed by atoms with Gasteiger partial charge in [0, 0.05) is 10.0 Å². The summed E-state index contributed by atoms with van der Waals surface area (Å²) in [6.07, 6.45) is 0. The van der Waals surface area contributed by atoms with Crippen LogP contribution in [0.4, 0.5) is 16.5 Å². The Morgan fingerprint density at radius 2 is 1.71 bits per heavy atom. The third kappa shape index (κ3) is 4.09. The van der Waals surface area contributed by atoms with Crippen molar-refractivity contribution in [1.29, 1.82) is 0 Å². The van der Waals surface area contributed by atoms with Crippen molar-refractivity contribution in [3.05, 3.63) is 81.8 Å². The van der Waals surface area contributed by atoms with Gasteiger partial charge in [-0.05, 0) is 60.7 Å². The summed E-state index contributed by atoms with van der Waals surface area (Å²) in [5, 5.41) is 5.98. The Morgan fingerprint density at radius 1 is 0.929 bits per heavy atom. The number of para-hydroxylation sites is 1. The molecule has 0 unspecified atom stereocenters. The number of halogens is 3. The van der Waals surface area contributed by atoms with Crippen molar-refractivity contribution in [3.63, 3.8) is 0 Å². The molecule has 0 aliphatic carbocycles. The summed E-state index contributed by atoms with van der Waals surface area (Å²) in [7, 11) is 0.